The van der Waals surface area contributed by atoms with Crippen molar-refractivity contribution < 1.29 is 13.2 Å². The summed E-state index contributed by atoms with van der Waals surface area (Å²) in [7, 11) is 0. The quantitative estimate of drug-likeness (QED) is 0.322. The molecule has 0 aliphatic heterocycles. The molecule has 0 aliphatic carbocycles. The zero-order chi connectivity index (χ0) is 13.9. The summed E-state index contributed by atoms with van der Waals surface area (Å²) in [4.78, 5) is 0. The number of allylic oxidation sites excluding steroid dienone is 2. The van der Waals surface area contributed by atoms with Crippen LogP contribution in [0.3, 0.4) is 0 Å². The molecule has 0 aromatic heterocycles. The first-order valence-electron chi connectivity index (χ1n) is 7.25. The minimum atomic E-state index is -4.08. The van der Waals surface area contributed by atoms with E-state index in [1.54, 1.807) is 6.08 Å². The topological polar surface area (TPSA) is 0 Å². The van der Waals surface area contributed by atoms with Crippen LogP contribution >= 0.6 is 0 Å². The molecule has 0 bridgehead atoms. The molecule has 0 radical (unpaired) electrons. The van der Waals surface area contributed by atoms with Crippen LogP contribution in [0.1, 0.15) is 71.6 Å². The predicted molar refractivity (Wildman–Crippen MR) is 71.6 cm³/mol. The van der Waals surface area contributed by atoms with Gasteiger partial charge in [-0.1, -0.05) is 64.5 Å². The third-order valence-electron chi connectivity index (χ3n) is 3.13. The third kappa shape index (κ3) is 9.55. The Morgan fingerprint density at radius 2 is 1.50 bits per heavy atom. The maximum atomic E-state index is 12.8. The maximum Gasteiger partial charge on any atom is 0.395 e. The number of hydrogen-bond donors (Lipinski definition) is 0. The van der Waals surface area contributed by atoms with Crippen LogP contribution in [0.15, 0.2) is 12.2 Å². The molecule has 1 atom stereocenters. The van der Waals surface area contributed by atoms with Crippen LogP contribution in [0.25, 0.3) is 0 Å². The zero-order valence-electron chi connectivity index (χ0n) is 11.7. The van der Waals surface area contributed by atoms with Gasteiger partial charge in [-0.15, -0.1) is 0 Å². The largest absolute Gasteiger partial charge is 0.395 e. The van der Waals surface area contributed by atoms with Crippen LogP contribution in [0.4, 0.5) is 13.2 Å². The lowest BCUT2D eigenvalue weighted by Gasteiger charge is -2.16. The van der Waals surface area contributed by atoms with Gasteiger partial charge in [0.15, 0.2) is 0 Å². The second-order valence-corrected chi connectivity index (χ2v) is 4.92. The van der Waals surface area contributed by atoms with Crippen molar-refractivity contribution >= 4 is 0 Å². The molecule has 18 heavy (non-hydrogen) atoms. The average Bonchev–Trinajstić information content (AvgIpc) is 2.30. The average molecular weight is 264 g/mol. The smallest absolute Gasteiger partial charge is 0.170 e. The van der Waals surface area contributed by atoms with Gasteiger partial charge in [0.2, 0.25) is 0 Å². The Bertz CT molecular complexity index is 206. The van der Waals surface area contributed by atoms with Gasteiger partial charge in [-0.3, -0.25) is 0 Å². The van der Waals surface area contributed by atoms with Gasteiger partial charge in [-0.2, -0.15) is 13.2 Å². The van der Waals surface area contributed by atoms with E-state index in [1.807, 2.05) is 0 Å². The van der Waals surface area contributed by atoms with Crippen molar-refractivity contribution in [1.82, 2.24) is 0 Å². The highest BCUT2D eigenvalue weighted by Crippen LogP contribution is 2.31. The normalized spacial score (nSPS) is 14.3. The Kier molecular flexibility index (Phi) is 10.2. The molecule has 0 saturated heterocycles. The molecule has 0 N–H and O–H groups in total. The van der Waals surface area contributed by atoms with Crippen LogP contribution in [0.5, 0.6) is 0 Å². The minimum absolute atomic E-state index is 0.244. The summed E-state index contributed by atoms with van der Waals surface area (Å²) in [6.07, 6.45) is 6.91. The van der Waals surface area contributed by atoms with E-state index in [4.69, 9.17) is 0 Å². The number of alkyl halides is 3. The van der Waals surface area contributed by atoms with Crippen LogP contribution in [-0.2, 0) is 0 Å². The first-order valence-corrected chi connectivity index (χ1v) is 7.25. The Balaban J connectivity index is 4.00. The molecule has 0 rings (SSSR count). The van der Waals surface area contributed by atoms with Crippen molar-refractivity contribution in [2.75, 3.05) is 0 Å². The van der Waals surface area contributed by atoms with Gasteiger partial charge in [0, 0.05) is 0 Å². The molecule has 0 unspecified atom stereocenters. The van der Waals surface area contributed by atoms with E-state index in [0.717, 1.165) is 44.9 Å². The molecule has 0 saturated carbocycles. The Morgan fingerprint density at radius 3 is 2.06 bits per heavy atom. The van der Waals surface area contributed by atoms with Crippen LogP contribution in [-0.4, -0.2) is 6.18 Å². The van der Waals surface area contributed by atoms with Gasteiger partial charge >= 0.3 is 6.18 Å². The number of rotatable bonds is 10. The molecule has 0 aromatic rings. The second-order valence-electron chi connectivity index (χ2n) is 4.92. The fourth-order valence-corrected chi connectivity index (χ4v) is 1.93. The number of hydrogen-bond acceptors (Lipinski definition) is 0. The first-order chi connectivity index (χ1) is 8.52. The van der Waals surface area contributed by atoms with Crippen LogP contribution in [0, 0.1) is 5.92 Å². The van der Waals surface area contributed by atoms with Crippen LogP contribution in [0.2, 0.25) is 0 Å². The van der Waals surface area contributed by atoms with Crippen molar-refractivity contribution in [1.29, 1.82) is 0 Å². The monoisotopic (exact) mass is 264 g/mol. The van der Waals surface area contributed by atoms with Gasteiger partial charge in [-0.05, 0) is 19.3 Å². The van der Waals surface area contributed by atoms with Crippen molar-refractivity contribution in [2.45, 2.75) is 77.8 Å². The van der Waals surface area contributed by atoms with Gasteiger partial charge in [0.1, 0.15) is 0 Å². The Morgan fingerprint density at radius 1 is 0.889 bits per heavy atom. The lowest BCUT2D eigenvalue weighted by atomic mass is 9.99. The van der Waals surface area contributed by atoms with Crippen molar-refractivity contribution in [3.05, 3.63) is 12.2 Å². The van der Waals surface area contributed by atoms with E-state index in [-0.39, 0.29) is 6.42 Å². The van der Waals surface area contributed by atoms with Gasteiger partial charge in [0.05, 0.1) is 5.92 Å². The fraction of sp³-hybridized carbons (Fsp3) is 0.867. The van der Waals surface area contributed by atoms with E-state index >= 15 is 0 Å². The second kappa shape index (κ2) is 10.5. The lowest BCUT2D eigenvalue weighted by molar-refractivity contribution is -0.162. The maximum absolute atomic E-state index is 12.8. The highest BCUT2D eigenvalue weighted by atomic mass is 19.4. The molecule has 0 aromatic carbocycles. The van der Waals surface area contributed by atoms with E-state index in [2.05, 4.69) is 13.8 Å². The molecule has 108 valence electrons. The fourth-order valence-electron chi connectivity index (χ4n) is 1.93. The third-order valence-corrected chi connectivity index (χ3v) is 3.13. The summed E-state index contributed by atoms with van der Waals surface area (Å²) in [5, 5.41) is 0. The number of unbranched alkanes of at least 4 members (excludes halogenated alkanes) is 6. The number of halogens is 3. The summed E-state index contributed by atoms with van der Waals surface area (Å²) < 4.78 is 38.3. The highest BCUT2D eigenvalue weighted by Gasteiger charge is 2.36. The summed E-state index contributed by atoms with van der Waals surface area (Å²) in [5.41, 5.74) is 0. The molecule has 0 heterocycles. The van der Waals surface area contributed by atoms with E-state index < -0.39 is 12.1 Å². The highest BCUT2D eigenvalue weighted by molar-refractivity contribution is 4.92. The van der Waals surface area contributed by atoms with E-state index in [0.29, 0.717) is 6.42 Å². The minimum Gasteiger partial charge on any atom is -0.170 e. The van der Waals surface area contributed by atoms with Gasteiger partial charge < -0.3 is 0 Å². The molecule has 0 spiro atoms. The molecule has 3 heteroatoms. The molecular formula is C15H27F3. The summed E-state index contributed by atoms with van der Waals surface area (Å²) in [6, 6.07) is 0. The van der Waals surface area contributed by atoms with E-state index in [9.17, 15) is 13.2 Å². The van der Waals surface area contributed by atoms with Crippen molar-refractivity contribution in [2.24, 2.45) is 5.92 Å². The van der Waals surface area contributed by atoms with Gasteiger partial charge in [0.25, 0.3) is 0 Å². The summed E-state index contributed by atoms with van der Waals surface area (Å²) in [5.74, 6) is -1.24. The predicted octanol–water partition coefficient (Wildman–Crippen LogP) is 6.27. The summed E-state index contributed by atoms with van der Waals surface area (Å²) in [6.45, 7) is 4.16. The molecular weight excluding hydrogens is 237 g/mol. The SMILES string of the molecule is CCCCC/C=C/[C@H](CCCCCC)C(F)(F)F. The Labute approximate surface area is 110 Å². The van der Waals surface area contributed by atoms with Gasteiger partial charge in [-0.25, -0.2) is 0 Å². The van der Waals surface area contributed by atoms with Crippen LogP contribution < -0.4 is 0 Å². The van der Waals surface area contributed by atoms with Crippen molar-refractivity contribution in [3.8, 4) is 0 Å². The Hall–Kier alpha value is -0.470. The first kappa shape index (κ1) is 17.5. The van der Waals surface area contributed by atoms with Crippen molar-refractivity contribution in [3.63, 3.8) is 0 Å². The summed E-state index contributed by atoms with van der Waals surface area (Å²) >= 11 is 0. The molecule has 0 amide bonds. The van der Waals surface area contributed by atoms with E-state index in [1.165, 1.54) is 6.08 Å². The standard InChI is InChI=1S/C15H27F3/c1-3-5-7-9-11-13-14(15(16,17)18)12-10-8-6-4-2/h11,13-14H,3-10,12H2,1-2H3/b13-11+/t14-/m0/s1. The lowest BCUT2D eigenvalue weighted by Crippen LogP contribution is -2.20. The zero-order valence-corrected chi connectivity index (χ0v) is 11.7. The molecule has 0 fully saturated rings. The molecule has 0 aliphatic rings. The molecule has 0 nitrogen and oxygen atoms in total.